The largest absolute Gasteiger partial charge is 0.311 e. The van der Waals surface area contributed by atoms with Gasteiger partial charge in [0.05, 0.1) is 55.0 Å². The molecule has 0 aromatic heterocycles. The molecule has 7 heteroatoms. The number of hydrogen-bond acceptors (Lipinski definition) is 4. The van der Waals surface area contributed by atoms with E-state index >= 15 is 0 Å². The van der Waals surface area contributed by atoms with Crippen LogP contribution in [0.2, 0.25) is 0 Å². The lowest BCUT2D eigenvalue weighted by molar-refractivity contribution is 1.25. The summed E-state index contributed by atoms with van der Waals surface area (Å²) in [4.78, 5) is 5.02. The molecule has 0 saturated carbocycles. The van der Waals surface area contributed by atoms with Crippen LogP contribution < -0.4 is 63.3 Å². The number of anilines is 12. The lowest BCUT2D eigenvalue weighted by atomic mass is 9.25. The highest BCUT2D eigenvalue weighted by Gasteiger charge is 2.49. The van der Waals surface area contributed by atoms with E-state index in [0.717, 1.165) is 4.90 Å². The zero-order valence-electron chi connectivity index (χ0n) is 109. The summed E-state index contributed by atoms with van der Waals surface area (Å²) in [6, 6.07) is 21.1. The van der Waals surface area contributed by atoms with E-state index in [1.165, 1.54) is 76.5 Å². The van der Waals surface area contributed by atoms with Crippen molar-refractivity contribution in [2.45, 2.75) is 69.2 Å². The molecule has 0 unspecified atom stereocenters. The number of rotatable bonds is 15. The molecule has 4 aliphatic rings. The second-order valence-corrected chi connectivity index (χ2v) is 33.6. The van der Waals surface area contributed by atoms with E-state index in [-0.39, 0.29) is 133 Å². The van der Waals surface area contributed by atoms with Gasteiger partial charge in [0.1, 0.15) is 0 Å². The van der Waals surface area contributed by atoms with Crippen molar-refractivity contribution in [3.05, 3.63) is 455 Å². The number of para-hydroxylation sites is 1. The first-order valence-electron chi connectivity index (χ1n) is 61.2. The maximum Gasteiger partial charge on any atom is 0.252 e. The molecule has 0 bridgehead atoms. The minimum atomic E-state index is -1.76. The van der Waals surface area contributed by atoms with Gasteiger partial charge in [-0.3, -0.25) is 0 Å². The summed E-state index contributed by atoms with van der Waals surface area (Å²) in [5, 5.41) is 0. The third kappa shape index (κ3) is 13.6. The average molecular weight is 1710 g/mol. The summed E-state index contributed by atoms with van der Waals surface area (Å²) >= 11 is 0. The normalized spacial score (nSPS) is 16.3. The van der Waals surface area contributed by atoms with Crippen molar-refractivity contribution in [3.8, 4) is 100 Å². The summed E-state index contributed by atoms with van der Waals surface area (Å²) in [6.45, 7) is 14.2. The fourth-order valence-corrected chi connectivity index (χ4v) is 19.9. The van der Waals surface area contributed by atoms with Crippen LogP contribution in [0.25, 0.3) is 100 Å². The lowest BCUT2D eigenvalue weighted by Crippen LogP contribution is -2.72. The van der Waals surface area contributed by atoms with E-state index in [4.69, 9.17) is 0 Å². The minimum Gasteiger partial charge on any atom is -0.311 e. The van der Waals surface area contributed by atoms with Gasteiger partial charge in [0.15, 0.2) is 7.28 Å². The van der Waals surface area contributed by atoms with Gasteiger partial charge in [0, 0.05) is 73.7 Å². The molecule has 23 rings (SSSR count). The Labute approximate surface area is 822 Å². The molecule has 621 valence electrons. The topological polar surface area (TPSA) is 13.0 Å². The first kappa shape index (κ1) is 50.4. The van der Waals surface area contributed by atoms with Crippen molar-refractivity contribution in [1.29, 1.82) is 0 Å². The second-order valence-electron chi connectivity index (χ2n) is 33.6. The van der Waals surface area contributed by atoms with E-state index in [2.05, 4.69) is 0 Å². The smallest absolute Gasteiger partial charge is 0.252 e. The van der Waals surface area contributed by atoms with Gasteiger partial charge in [-0.25, -0.2) is 0 Å². The highest BCUT2D eigenvalue weighted by atomic mass is 15.2. The summed E-state index contributed by atoms with van der Waals surface area (Å²) in [5.74, 6) is 0. The Morgan fingerprint density at radius 1 is 0.237 bits per heavy atom. The highest BCUT2D eigenvalue weighted by molar-refractivity contribution is 7.07. The van der Waals surface area contributed by atoms with Crippen LogP contribution in [-0.4, -0.2) is 20.7 Å². The maximum absolute atomic E-state index is 11.8. The minimum absolute atomic E-state index is 0.00424. The van der Waals surface area contributed by atoms with Gasteiger partial charge in [-0.2, -0.15) is 0 Å². The van der Waals surface area contributed by atoms with Crippen molar-refractivity contribution >= 4 is 133 Å². The Balaban J connectivity index is 0.965. The summed E-state index contributed by atoms with van der Waals surface area (Å²) in [5.41, 5.74) is -2.36. The fraction of sp³-hybridized carbons (Fsp3) is 0.0806. The quantitative estimate of drug-likeness (QED) is 0.0949. The molecular weight excluding hydrogens is 1580 g/mol. The Morgan fingerprint density at radius 3 is 1.01 bits per heavy atom. The molecule has 19 aromatic carbocycles. The fourth-order valence-electron chi connectivity index (χ4n) is 19.9. The number of nitrogens with zero attached hydrogens (tertiary/aromatic N) is 4. The first-order valence-corrected chi connectivity index (χ1v) is 43.2. The molecule has 4 aliphatic heterocycles. The van der Waals surface area contributed by atoms with E-state index in [1.807, 2.05) is 32.0 Å². The molecule has 131 heavy (non-hydrogen) atoms. The molecule has 4 nitrogen and oxygen atoms in total. The summed E-state index contributed by atoms with van der Waals surface area (Å²) in [6.07, 6.45) is 0. The van der Waals surface area contributed by atoms with E-state index in [1.54, 1.807) is 165 Å². The molecule has 0 amide bonds. The van der Waals surface area contributed by atoms with Gasteiger partial charge in [-0.1, -0.05) is 331 Å². The highest BCUT2D eigenvalue weighted by Crippen LogP contribution is 2.54. The molecule has 0 N–H and O–H groups in total. The van der Waals surface area contributed by atoms with Crippen LogP contribution >= 0.6 is 0 Å². The van der Waals surface area contributed by atoms with Crippen molar-refractivity contribution in [2.75, 3.05) is 19.6 Å². The molecular formula is C124H96B3N4. The van der Waals surface area contributed by atoms with E-state index in [9.17, 15) is 49.3 Å². The van der Waals surface area contributed by atoms with Crippen LogP contribution in [0.3, 0.4) is 0 Å². The Hall–Kier alpha value is -15.4. The summed E-state index contributed by atoms with van der Waals surface area (Å²) < 4.78 is 373. The molecule has 0 spiro atoms. The Kier molecular flexibility index (Phi) is 12.5. The van der Waals surface area contributed by atoms with Gasteiger partial charge in [-0.05, 0) is 326 Å². The van der Waals surface area contributed by atoms with Crippen LogP contribution in [0.15, 0.2) is 400 Å². The molecule has 4 heterocycles. The number of fused-ring (bicyclic) bond motifs is 8. The third-order valence-electron chi connectivity index (χ3n) is 25.6. The van der Waals surface area contributed by atoms with Crippen LogP contribution in [0.1, 0.15) is 105 Å². The van der Waals surface area contributed by atoms with Gasteiger partial charge in [0.25, 0.3) is 6.71 Å². The number of aryl methyl sites for hydroxylation is 10. The van der Waals surface area contributed by atoms with Crippen molar-refractivity contribution in [3.63, 3.8) is 0 Å². The molecule has 0 fully saturated rings. The van der Waals surface area contributed by atoms with Crippen LogP contribution in [-0.2, 0) is 0 Å². The zero-order valence-corrected chi connectivity index (χ0v) is 72.8. The van der Waals surface area contributed by atoms with Gasteiger partial charge >= 0.3 is 0 Å². The van der Waals surface area contributed by atoms with Crippen molar-refractivity contribution in [2.24, 2.45) is 0 Å². The van der Waals surface area contributed by atoms with E-state index < -0.39 is 287 Å². The van der Waals surface area contributed by atoms with Crippen molar-refractivity contribution < 1.29 is 49.3 Å². The standard InChI is InChI=1S/C124H96B3N4/c1-77-29-23-30-78(2)117(77)93-53-63-100(64-54-93)129-112-68-58-96(120-83(7)35-26-36-84(120)8)70-109(112)127-110-76-107-105(75-113(110)131(115-72-97(71-114(129)123(115)127)121-85(9)37-27-38-86(121)10)124-103(91-43-19-13-20-44-91)47-28-48-104(124)92-45-21-14-22-46-92)125-106-73-102(128(98-59-49-89(50-60-98)87-39-15-11-16-40-87)99-61-51-90(52-62-99)88-41-17-12-18-42-88)74-116-122(106)126(107)108-69-95(119-81(5)33-25-34-82(119)6)57-67-111(108)130(116)101-65-55-94(56-66-101)118-79(3)31-24-32-80(118)4/h11-76H,1-10H3/i13D,14D,19D,20D,21D,22D,39D,40D,41D,42D,43D,44D,45D,46D,49D,50D,51D,52D,53D,54D,55D,56D,57D,58D,59D,60D,61D,62D,63D,64D,65D,66D,67D,68D,69D,70D. The molecule has 1 radical (unpaired) electrons. The van der Waals surface area contributed by atoms with Gasteiger partial charge in [0.2, 0.25) is 6.71 Å². The average Bonchev–Trinajstić information content (AvgIpc) is 0.670. The predicted octanol–water partition coefficient (Wildman–Crippen LogP) is 27.6. The molecule has 0 saturated heterocycles. The number of hydrogen-bond donors (Lipinski definition) is 0. The van der Waals surface area contributed by atoms with Gasteiger partial charge in [-0.15, -0.1) is 0 Å². The number of benzene rings is 19. The monoisotopic (exact) mass is 1710 g/mol. The van der Waals surface area contributed by atoms with Crippen LogP contribution in [0.5, 0.6) is 0 Å². The molecule has 0 aliphatic carbocycles. The Bertz CT molecular complexity index is 9700. The predicted molar refractivity (Wildman–Crippen MR) is 562 cm³/mol. The van der Waals surface area contributed by atoms with Crippen molar-refractivity contribution in [1.82, 2.24) is 0 Å². The maximum atomic E-state index is 11.8. The lowest BCUT2D eigenvalue weighted by Gasteiger charge is -2.47. The Morgan fingerprint density at radius 2 is 0.588 bits per heavy atom. The SMILES string of the molecule is [2H]c1cccc([2H])c1-c1c([2H])c([2H])c(N(c2cc3c4c(c2)N(c2c([2H])c([2H])c(-c5c(C)cccc5C)c([2H])c2[2H])c2c([2H])c([2H])c(-c5c(C)cccc5C)c([2H])c2B4c2cc4c(cc2[B]3)N(c2c(-c3c([2H])c([2H])c([2H])c([2H])c3[2H])cccc2-c2c([2H])c([2H])c([2H])c([2H])c2[2H])c2cc(-c3c(C)cccc3C)cc3c2B4c2c([2H])c(-c4c(C)cccc4C)c([2H])c([2H])c2N3c2c([2H])c([2H])c(-c3c(C)cccc3C)c([2H])c2[2H])c2c([2H])c([2H])c(-c3c([2H])cccc3[2H])c([2H])c2[2H])c([2H])c1[2H]. The molecule has 0 atom stereocenters. The second kappa shape index (κ2) is 32.4. The van der Waals surface area contributed by atoms with Crippen LogP contribution in [0, 0.1) is 69.2 Å². The van der Waals surface area contributed by atoms with Gasteiger partial charge < -0.3 is 19.6 Å². The summed E-state index contributed by atoms with van der Waals surface area (Å²) in [7, 11) is 1.58. The first-order chi connectivity index (χ1) is 79.1. The zero-order chi connectivity index (χ0) is 120. The van der Waals surface area contributed by atoms with Crippen LogP contribution in [0.4, 0.5) is 68.2 Å². The third-order valence-corrected chi connectivity index (χ3v) is 25.6. The van der Waals surface area contributed by atoms with E-state index in [0.29, 0.717) is 77.9 Å². The molecule has 19 aromatic rings.